The number of hydrogen-bond donors (Lipinski definition) is 0. The van der Waals surface area contributed by atoms with Crippen LogP contribution in [0, 0.1) is 12.8 Å². The van der Waals surface area contributed by atoms with E-state index in [1.165, 1.54) is 0 Å². The normalized spacial score (nSPS) is 11.0. The number of ketones is 1. The third kappa shape index (κ3) is 2.91. The monoisotopic (exact) mass is 208 g/mol. The van der Waals surface area contributed by atoms with Crippen LogP contribution in [0.4, 0.5) is 0 Å². The fourth-order valence-corrected chi connectivity index (χ4v) is 1.82. The summed E-state index contributed by atoms with van der Waals surface area (Å²) in [6.07, 6.45) is 2.78. The SMILES string of the molecule is CCC(CC)CC(=O)c1cc(C)nn1C. The molecule has 0 radical (unpaired) electrons. The highest BCUT2D eigenvalue weighted by atomic mass is 16.1. The van der Waals surface area contributed by atoms with Gasteiger partial charge in [0.1, 0.15) is 5.69 Å². The number of Topliss-reactive ketones (excluding diaryl/α,β-unsaturated/α-hetero) is 1. The average molecular weight is 208 g/mol. The van der Waals surface area contributed by atoms with Crippen molar-refractivity contribution in [1.29, 1.82) is 0 Å². The summed E-state index contributed by atoms with van der Waals surface area (Å²) in [4.78, 5) is 11.9. The van der Waals surface area contributed by atoms with Crippen LogP contribution in [0.5, 0.6) is 0 Å². The molecule has 0 amide bonds. The van der Waals surface area contributed by atoms with E-state index in [9.17, 15) is 4.79 Å². The van der Waals surface area contributed by atoms with Crippen LogP contribution in [-0.2, 0) is 7.05 Å². The lowest BCUT2D eigenvalue weighted by atomic mass is 9.96. The number of hydrogen-bond acceptors (Lipinski definition) is 2. The van der Waals surface area contributed by atoms with E-state index < -0.39 is 0 Å². The van der Waals surface area contributed by atoms with E-state index in [-0.39, 0.29) is 5.78 Å². The third-order valence-corrected chi connectivity index (χ3v) is 2.92. The van der Waals surface area contributed by atoms with Crippen molar-refractivity contribution in [3.63, 3.8) is 0 Å². The Hall–Kier alpha value is -1.12. The zero-order chi connectivity index (χ0) is 11.4. The maximum absolute atomic E-state index is 11.9. The Morgan fingerprint density at radius 1 is 1.47 bits per heavy atom. The molecule has 0 atom stereocenters. The maximum atomic E-state index is 11.9. The molecular formula is C12H20N2O. The Kier molecular flexibility index (Phi) is 4.06. The fraction of sp³-hybridized carbons (Fsp3) is 0.667. The van der Waals surface area contributed by atoms with Gasteiger partial charge in [-0.3, -0.25) is 9.48 Å². The molecule has 0 unspecified atom stereocenters. The predicted molar refractivity (Wildman–Crippen MR) is 61.0 cm³/mol. The van der Waals surface area contributed by atoms with Crippen molar-refractivity contribution in [3.05, 3.63) is 17.5 Å². The Bertz CT molecular complexity index is 337. The van der Waals surface area contributed by atoms with Crippen molar-refractivity contribution in [2.45, 2.75) is 40.0 Å². The first-order valence-electron chi connectivity index (χ1n) is 5.62. The second-order valence-corrected chi connectivity index (χ2v) is 4.10. The minimum Gasteiger partial charge on any atom is -0.292 e. The van der Waals surface area contributed by atoms with E-state index in [0.29, 0.717) is 12.3 Å². The minimum atomic E-state index is 0.215. The Labute approximate surface area is 91.5 Å². The molecule has 1 heterocycles. The minimum absolute atomic E-state index is 0.215. The summed E-state index contributed by atoms with van der Waals surface area (Å²) in [5.41, 5.74) is 1.64. The molecule has 0 aliphatic heterocycles. The zero-order valence-electron chi connectivity index (χ0n) is 10.1. The molecule has 0 aliphatic rings. The number of aryl methyl sites for hydroxylation is 2. The second-order valence-electron chi connectivity index (χ2n) is 4.10. The average Bonchev–Trinajstić information content (AvgIpc) is 2.54. The van der Waals surface area contributed by atoms with Crippen molar-refractivity contribution < 1.29 is 4.79 Å². The molecule has 84 valence electrons. The van der Waals surface area contributed by atoms with E-state index >= 15 is 0 Å². The summed E-state index contributed by atoms with van der Waals surface area (Å²) in [6, 6.07) is 1.87. The van der Waals surface area contributed by atoms with Crippen molar-refractivity contribution in [2.75, 3.05) is 0 Å². The Balaban J connectivity index is 2.72. The molecule has 0 fully saturated rings. The number of aromatic nitrogens is 2. The molecule has 1 rings (SSSR count). The van der Waals surface area contributed by atoms with Gasteiger partial charge in [0.25, 0.3) is 0 Å². The predicted octanol–water partition coefficient (Wildman–Crippen LogP) is 2.74. The van der Waals surface area contributed by atoms with Gasteiger partial charge >= 0.3 is 0 Å². The highest BCUT2D eigenvalue weighted by molar-refractivity contribution is 5.94. The number of carbonyl (C=O) groups excluding carboxylic acids is 1. The fourth-order valence-electron chi connectivity index (χ4n) is 1.82. The van der Waals surface area contributed by atoms with E-state index in [0.717, 1.165) is 24.2 Å². The molecular weight excluding hydrogens is 188 g/mol. The van der Waals surface area contributed by atoms with Gasteiger partial charge in [-0.05, 0) is 18.9 Å². The smallest absolute Gasteiger partial charge is 0.181 e. The van der Waals surface area contributed by atoms with Gasteiger partial charge in [0.15, 0.2) is 5.78 Å². The lowest BCUT2D eigenvalue weighted by molar-refractivity contribution is 0.0949. The molecule has 0 aliphatic carbocycles. The topological polar surface area (TPSA) is 34.9 Å². The number of rotatable bonds is 5. The summed E-state index contributed by atoms with van der Waals surface area (Å²) in [7, 11) is 1.83. The van der Waals surface area contributed by atoms with Crippen LogP contribution in [0.2, 0.25) is 0 Å². The Morgan fingerprint density at radius 3 is 2.47 bits per heavy atom. The van der Waals surface area contributed by atoms with E-state index in [1.807, 2.05) is 20.0 Å². The molecule has 0 N–H and O–H groups in total. The standard InChI is InChI=1S/C12H20N2O/c1-5-10(6-2)8-12(15)11-7-9(3)13-14(11)4/h7,10H,5-6,8H2,1-4H3. The first kappa shape index (κ1) is 12.0. The third-order valence-electron chi connectivity index (χ3n) is 2.92. The summed E-state index contributed by atoms with van der Waals surface area (Å²) in [5, 5.41) is 4.19. The summed E-state index contributed by atoms with van der Waals surface area (Å²) < 4.78 is 1.68. The van der Waals surface area contributed by atoms with Crippen LogP contribution < -0.4 is 0 Å². The van der Waals surface area contributed by atoms with E-state index in [1.54, 1.807) is 4.68 Å². The van der Waals surface area contributed by atoms with Gasteiger partial charge in [-0.25, -0.2) is 0 Å². The van der Waals surface area contributed by atoms with Crippen LogP contribution in [0.1, 0.15) is 49.3 Å². The second kappa shape index (κ2) is 5.10. The summed E-state index contributed by atoms with van der Waals surface area (Å²) in [5.74, 6) is 0.722. The van der Waals surface area contributed by atoms with Gasteiger partial charge in [-0.2, -0.15) is 5.10 Å². The van der Waals surface area contributed by atoms with Gasteiger partial charge in [0.05, 0.1) is 5.69 Å². The quantitative estimate of drug-likeness (QED) is 0.697. The van der Waals surface area contributed by atoms with Gasteiger partial charge in [0, 0.05) is 13.5 Å². The van der Waals surface area contributed by atoms with Crippen molar-refractivity contribution in [2.24, 2.45) is 13.0 Å². The van der Waals surface area contributed by atoms with Crippen LogP contribution in [0.15, 0.2) is 6.07 Å². The van der Waals surface area contributed by atoms with Gasteiger partial charge < -0.3 is 0 Å². The zero-order valence-corrected chi connectivity index (χ0v) is 10.1. The highest BCUT2D eigenvalue weighted by Gasteiger charge is 2.15. The van der Waals surface area contributed by atoms with Crippen molar-refractivity contribution in [3.8, 4) is 0 Å². The Morgan fingerprint density at radius 2 is 2.07 bits per heavy atom. The lowest BCUT2D eigenvalue weighted by Gasteiger charge is -2.10. The number of carbonyl (C=O) groups is 1. The molecule has 3 nitrogen and oxygen atoms in total. The van der Waals surface area contributed by atoms with E-state index in [2.05, 4.69) is 18.9 Å². The van der Waals surface area contributed by atoms with Gasteiger partial charge in [-0.1, -0.05) is 26.7 Å². The molecule has 3 heteroatoms. The molecule has 0 spiro atoms. The molecule has 0 saturated carbocycles. The summed E-state index contributed by atoms with van der Waals surface area (Å²) >= 11 is 0. The van der Waals surface area contributed by atoms with Crippen LogP contribution in [-0.4, -0.2) is 15.6 Å². The molecule has 1 aromatic heterocycles. The van der Waals surface area contributed by atoms with Crippen molar-refractivity contribution in [1.82, 2.24) is 9.78 Å². The van der Waals surface area contributed by atoms with Gasteiger partial charge in [0.2, 0.25) is 0 Å². The molecule has 0 saturated heterocycles. The van der Waals surface area contributed by atoms with Crippen LogP contribution >= 0.6 is 0 Å². The molecule has 15 heavy (non-hydrogen) atoms. The lowest BCUT2D eigenvalue weighted by Crippen LogP contribution is -2.11. The van der Waals surface area contributed by atoms with E-state index in [4.69, 9.17) is 0 Å². The maximum Gasteiger partial charge on any atom is 0.181 e. The largest absolute Gasteiger partial charge is 0.292 e. The molecule has 0 bridgehead atoms. The van der Waals surface area contributed by atoms with Gasteiger partial charge in [-0.15, -0.1) is 0 Å². The van der Waals surface area contributed by atoms with Crippen LogP contribution in [0.3, 0.4) is 0 Å². The molecule has 0 aromatic carbocycles. The first-order valence-corrected chi connectivity index (χ1v) is 5.62. The van der Waals surface area contributed by atoms with Crippen molar-refractivity contribution >= 4 is 5.78 Å². The first-order chi connectivity index (χ1) is 7.08. The number of nitrogens with zero attached hydrogens (tertiary/aromatic N) is 2. The molecule has 1 aromatic rings. The highest BCUT2D eigenvalue weighted by Crippen LogP contribution is 2.16. The summed E-state index contributed by atoms with van der Waals surface area (Å²) in [6.45, 7) is 6.18. The van der Waals surface area contributed by atoms with Crippen LogP contribution in [0.25, 0.3) is 0 Å².